The van der Waals surface area contributed by atoms with Gasteiger partial charge in [-0.15, -0.1) is 0 Å². The first-order valence-electron chi connectivity index (χ1n) is 13.4. The van der Waals surface area contributed by atoms with E-state index >= 15 is 0 Å². The minimum atomic E-state index is 0.858. The molecule has 0 aromatic heterocycles. The van der Waals surface area contributed by atoms with Crippen molar-refractivity contribution in [2.75, 3.05) is 9.80 Å². The molecule has 0 aliphatic heterocycles. The molecular formula is C36H36N2. The summed E-state index contributed by atoms with van der Waals surface area (Å²) >= 11 is 0. The summed E-state index contributed by atoms with van der Waals surface area (Å²) in [6.45, 7) is 7.97. The van der Waals surface area contributed by atoms with Crippen LogP contribution in [0, 0.1) is 13.8 Å². The van der Waals surface area contributed by atoms with E-state index in [2.05, 4.69) is 157 Å². The molecule has 2 nitrogen and oxygen atoms in total. The molecule has 0 radical (unpaired) electrons. The molecule has 38 heavy (non-hydrogen) atoms. The lowest BCUT2D eigenvalue weighted by Crippen LogP contribution is -2.27. The average Bonchev–Trinajstić information content (AvgIpc) is 2.95. The molecule has 5 rings (SSSR count). The third-order valence-electron chi connectivity index (χ3n) is 7.13. The fraction of sp³-hybridized carbons (Fsp3) is 0.167. The Kier molecular flexibility index (Phi) is 8.20. The van der Waals surface area contributed by atoms with Crippen molar-refractivity contribution in [3.8, 4) is 0 Å². The van der Waals surface area contributed by atoms with E-state index in [1.54, 1.807) is 0 Å². The molecule has 0 unspecified atom stereocenters. The number of nitrogens with zero attached hydrogens (tertiary/aromatic N) is 2. The number of anilines is 2. The molecule has 0 aliphatic rings. The Balaban J connectivity index is 1.56. The fourth-order valence-electron chi connectivity index (χ4n) is 5.31. The van der Waals surface area contributed by atoms with Gasteiger partial charge in [0.1, 0.15) is 0 Å². The Morgan fingerprint density at radius 3 is 1.11 bits per heavy atom. The van der Waals surface area contributed by atoms with Crippen molar-refractivity contribution in [2.45, 2.75) is 40.0 Å². The van der Waals surface area contributed by atoms with Crippen molar-refractivity contribution in [3.63, 3.8) is 0 Å². The number of hydrogen-bond acceptors (Lipinski definition) is 2. The molecule has 5 aromatic rings. The van der Waals surface area contributed by atoms with E-state index < -0.39 is 0 Å². The Bertz CT molecular complexity index is 1330. The second-order valence-corrected chi connectivity index (χ2v) is 10.0. The molecule has 0 aliphatic carbocycles. The van der Waals surface area contributed by atoms with E-state index in [1.807, 2.05) is 0 Å². The summed E-state index contributed by atoms with van der Waals surface area (Å²) in [6.07, 6.45) is 0. The van der Waals surface area contributed by atoms with Crippen molar-refractivity contribution in [1.29, 1.82) is 0 Å². The van der Waals surface area contributed by atoms with Crippen LogP contribution in [0.4, 0.5) is 11.4 Å². The fourth-order valence-corrected chi connectivity index (χ4v) is 5.31. The van der Waals surface area contributed by atoms with Gasteiger partial charge in [0.05, 0.1) is 0 Å². The average molecular weight is 497 g/mol. The Morgan fingerprint density at radius 1 is 0.395 bits per heavy atom. The number of benzene rings is 5. The van der Waals surface area contributed by atoms with E-state index in [1.165, 1.54) is 44.8 Å². The molecule has 0 saturated carbocycles. The molecule has 0 spiro atoms. The first-order chi connectivity index (χ1) is 18.7. The van der Waals surface area contributed by atoms with Crippen molar-refractivity contribution < 1.29 is 0 Å². The van der Waals surface area contributed by atoms with Crippen LogP contribution in [-0.2, 0) is 26.2 Å². The summed E-state index contributed by atoms with van der Waals surface area (Å²) in [5, 5.41) is 0. The predicted octanol–water partition coefficient (Wildman–Crippen LogP) is 8.72. The third-order valence-corrected chi connectivity index (χ3v) is 7.13. The lowest BCUT2D eigenvalue weighted by molar-refractivity contribution is 0.778. The summed E-state index contributed by atoms with van der Waals surface area (Å²) < 4.78 is 0. The highest BCUT2D eigenvalue weighted by molar-refractivity contribution is 5.71. The SMILES string of the molecule is Cc1ccc(N(Cc2ccccc2)Cc2ccccc2)c(C)c1N(Cc1ccccc1)Cc1ccccc1. The van der Waals surface area contributed by atoms with Gasteiger partial charge in [0.25, 0.3) is 0 Å². The topological polar surface area (TPSA) is 6.48 Å². The maximum atomic E-state index is 2.54. The van der Waals surface area contributed by atoms with Crippen molar-refractivity contribution in [3.05, 3.63) is 167 Å². The molecule has 190 valence electrons. The summed E-state index contributed by atoms with van der Waals surface area (Å²) in [4.78, 5) is 5.06. The van der Waals surface area contributed by atoms with Crippen LogP contribution in [0.15, 0.2) is 133 Å². The van der Waals surface area contributed by atoms with Gasteiger partial charge in [0, 0.05) is 37.6 Å². The number of rotatable bonds is 10. The highest BCUT2D eigenvalue weighted by atomic mass is 15.2. The monoisotopic (exact) mass is 496 g/mol. The number of aryl methyl sites for hydroxylation is 1. The van der Waals surface area contributed by atoms with E-state index in [9.17, 15) is 0 Å². The van der Waals surface area contributed by atoms with Gasteiger partial charge in [0.2, 0.25) is 0 Å². The van der Waals surface area contributed by atoms with Crippen LogP contribution in [-0.4, -0.2) is 0 Å². The van der Waals surface area contributed by atoms with Gasteiger partial charge in [0.15, 0.2) is 0 Å². The van der Waals surface area contributed by atoms with E-state index in [-0.39, 0.29) is 0 Å². The molecule has 0 fully saturated rings. The van der Waals surface area contributed by atoms with E-state index in [0.717, 1.165) is 26.2 Å². The smallest absolute Gasteiger partial charge is 0.0452 e. The molecule has 0 N–H and O–H groups in total. The van der Waals surface area contributed by atoms with E-state index in [0.29, 0.717) is 0 Å². The highest BCUT2D eigenvalue weighted by Crippen LogP contribution is 2.36. The Hall–Kier alpha value is -4.30. The zero-order valence-electron chi connectivity index (χ0n) is 22.4. The maximum Gasteiger partial charge on any atom is 0.0452 e. The third kappa shape index (κ3) is 6.33. The normalized spacial score (nSPS) is 10.8. The minimum absolute atomic E-state index is 0.858. The number of hydrogen-bond donors (Lipinski definition) is 0. The molecule has 2 heteroatoms. The van der Waals surface area contributed by atoms with Crippen LogP contribution in [0.25, 0.3) is 0 Å². The maximum absolute atomic E-state index is 2.54. The summed E-state index contributed by atoms with van der Waals surface area (Å²) in [6, 6.07) is 47.8. The van der Waals surface area contributed by atoms with Gasteiger partial charge < -0.3 is 9.80 Å². The summed E-state index contributed by atoms with van der Waals surface area (Å²) in [5.41, 5.74) is 10.5. The van der Waals surface area contributed by atoms with Crippen molar-refractivity contribution in [1.82, 2.24) is 0 Å². The second kappa shape index (κ2) is 12.3. The quantitative estimate of drug-likeness (QED) is 0.191. The lowest BCUT2D eigenvalue weighted by Gasteiger charge is -2.33. The Labute approximate surface area is 227 Å². The van der Waals surface area contributed by atoms with Crippen LogP contribution >= 0.6 is 0 Å². The van der Waals surface area contributed by atoms with Crippen LogP contribution in [0.1, 0.15) is 33.4 Å². The van der Waals surface area contributed by atoms with Gasteiger partial charge >= 0.3 is 0 Å². The van der Waals surface area contributed by atoms with Gasteiger partial charge in [-0.05, 0) is 53.3 Å². The molecular weight excluding hydrogens is 460 g/mol. The highest BCUT2D eigenvalue weighted by Gasteiger charge is 2.19. The first kappa shape index (κ1) is 25.4. The first-order valence-corrected chi connectivity index (χ1v) is 13.4. The van der Waals surface area contributed by atoms with Crippen LogP contribution in [0.5, 0.6) is 0 Å². The van der Waals surface area contributed by atoms with Crippen molar-refractivity contribution in [2.24, 2.45) is 0 Å². The van der Waals surface area contributed by atoms with Gasteiger partial charge in [-0.25, -0.2) is 0 Å². The molecule has 0 amide bonds. The van der Waals surface area contributed by atoms with Gasteiger partial charge in [-0.2, -0.15) is 0 Å². The summed E-state index contributed by atoms with van der Waals surface area (Å²) in [7, 11) is 0. The molecule has 0 bridgehead atoms. The molecule has 5 aromatic carbocycles. The van der Waals surface area contributed by atoms with Crippen molar-refractivity contribution >= 4 is 11.4 Å². The lowest BCUT2D eigenvalue weighted by atomic mass is 10.0. The molecule has 0 atom stereocenters. The standard InChI is InChI=1S/C36H36N2/c1-29-23-24-35(37(25-31-15-7-3-8-16-31)26-32-17-9-4-10-18-32)30(2)36(29)38(27-33-19-11-5-12-20-33)28-34-21-13-6-14-22-34/h3-24H,25-28H2,1-2H3. The molecule has 0 saturated heterocycles. The van der Waals surface area contributed by atoms with Crippen LogP contribution < -0.4 is 9.80 Å². The Morgan fingerprint density at radius 2 is 0.737 bits per heavy atom. The largest absolute Gasteiger partial charge is 0.363 e. The zero-order valence-corrected chi connectivity index (χ0v) is 22.4. The van der Waals surface area contributed by atoms with Crippen LogP contribution in [0.3, 0.4) is 0 Å². The van der Waals surface area contributed by atoms with Gasteiger partial charge in [-0.1, -0.05) is 127 Å². The van der Waals surface area contributed by atoms with Gasteiger partial charge in [-0.3, -0.25) is 0 Å². The van der Waals surface area contributed by atoms with Crippen LogP contribution in [0.2, 0.25) is 0 Å². The predicted molar refractivity (Wildman–Crippen MR) is 161 cm³/mol. The van der Waals surface area contributed by atoms with E-state index in [4.69, 9.17) is 0 Å². The zero-order chi connectivity index (χ0) is 26.2. The summed E-state index contributed by atoms with van der Waals surface area (Å²) in [5.74, 6) is 0. The molecule has 0 heterocycles. The second-order valence-electron chi connectivity index (χ2n) is 10.0. The minimum Gasteiger partial charge on any atom is -0.363 e.